The number of piperidine rings is 1. The molecule has 1 aromatic heterocycles. The van der Waals surface area contributed by atoms with Crippen molar-refractivity contribution in [2.24, 2.45) is 0 Å². The van der Waals surface area contributed by atoms with Gasteiger partial charge in [0.25, 0.3) is 0 Å². The predicted molar refractivity (Wildman–Crippen MR) is 93.9 cm³/mol. The number of aromatic nitrogens is 1. The van der Waals surface area contributed by atoms with E-state index in [0.29, 0.717) is 12.5 Å². The van der Waals surface area contributed by atoms with E-state index >= 15 is 0 Å². The Morgan fingerprint density at radius 1 is 1.09 bits per heavy atom. The van der Waals surface area contributed by atoms with Crippen LogP contribution in [0.3, 0.4) is 0 Å². The van der Waals surface area contributed by atoms with Crippen molar-refractivity contribution in [3.05, 3.63) is 65.9 Å². The second kappa shape index (κ2) is 6.47. The smallest absolute Gasteiger partial charge is 0.120 e. The van der Waals surface area contributed by atoms with Crippen molar-refractivity contribution in [3.63, 3.8) is 0 Å². The number of H-pyrrole nitrogens is 1. The van der Waals surface area contributed by atoms with Crippen molar-refractivity contribution in [3.8, 4) is 5.75 Å². The van der Waals surface area contributed by atoms with Gasteiger partial charge in [0.1, 0.15) is 12.4 Å². The first-order valence-corrected chi connectivity index (χ1v) is 8.38. The molecule has 0 spiro atoms. The topological polar surface area (TPSA) is 37.0 Å². The van der Waals surface area contributed by atoms with Gasteiger partial charge in [-0.3, -0.25) is 0 Å². The van der Waals surface area contributed by atoms with Crippen LogP contribution >= 0.6 is 0 Å². The Labute approximate surface area is 136 Å². The summed E-state index contributed by atoms with van der Waals surface area (Å²) < 4.78 is 5.98. The van der Waals surface area contributed by atoms with Gasteiger partial charge >= 0.3 is 0 Å². The molecule has 0 bridgehead atoms. The maximum absolute atomic E-state index is 5.98. The fourth-order valence-electron chi connectivity index (χ4n) is 3.41. The Kier molecular flexibility index (Phi) is 4.03. The summed E-state index contributed by atoms with van der Waals surface area (Å²) in [5, 5.41) is 4.80. The van der Waals surface area contributed by atoms with E-state index in [1.54, 1.807) is 0 Å². The Balaban J connectivity index is 1.56. The number of benzene rings is 2. The van der Waals surface area contributed by atoms with Crippen LogP contribution < -0.4 is 10.1 Å². The van der Waals surface area contributed by atoms with E-state index < -0.39 is 0 Å². The third-order valence-corrected chi connectivity index (χ3v) is 4.67. The molecule has 3 heteroatoms. The average molecular weight is 306 g/mol. The molecular weight excluding hydrogens is 284 g/mol. The van der Waals surface area contributed by atoms with E-state index in [2.05, 4.69) is 40.8 Å². The van der Waals surface area contributed by atoms with Gasteiger partial charge in [0.2, 0.25) is 0 Å². The van der Waals surface area contributed by atoms with Crippen molar-refractivity contribution in [1.82, 2.24) is 10.3 Å². The Hall–Kier alpha value is -2.26. The molecule has 2 N–H and O–H groups in total. The van der Waals surface area contributed by atoms with E-state index in [1.807, 2.05) is 24.3 Å². The van der Waals surface area contributed by atoms with Crippen LogP contribution in [0.15, 0.2) is 54.7 Å². The van der Waals surface area contributed by atoms with Crippen molar-refractivity contribution in [2.75, 3.05) is 13.1 Å². The molecule has 3 aromatic rings. The summed E-state index contributed by atoms with van der Waals surface area (Å²) in [6.07, 6.45) is 4.68. The zero-order chi connectivity index (χ0) is 15.5. The highest BCUT2D eigenvalue weighted by molar-refractivity contribution is 5.85. The number of rotatable bonds is 4. The molecule has 2 heterocycles. The van der Waals surface area contributed by atoms with Crippen molar-refractivity contribution < 1.29 is 4.74 Å². The molecule has 0 saturated carbocycles. The van der Waals surface area contributed by atoms with Gasteiger partial charge in [-0.2, -0.15) is 0 Å². The molecule has 3 nitrogen and oxygen atoms in total. The largest absolute Gasteiger partial charge is 0.489 e. The van der Waals surface area contributed by atoms with Crippen molar-refractivity contribution in [2.45, 2.75) is 25.4 Å². The highest BCUT2D eigenvalue weighted by atomic mass is 16.5. The maximum Gasteiger partial charge on any atom is 0.120 e. The summed E-state index contributed by atoms with van der Waals surface area (Å²) in [5.74, 6) is 1.54. The molecular formula is C20H22N2O. The molecule has 0 radical (unpaired) electrons. The fraction of sp³-hybridized carbons (Fsp3) is 0.300. The number of aromatic amines is 1. The first kappa shape index (κ1) is 14.3. The van der Waals surface area contributed by atoms with Crippen LogP contribution in [-0.4, -0.2) is 18.1 Å². The minimum atomic E-state index is 0.599. The molecule has 4 rings (SSSR count). The third kappa shape index (κ3) is 3.10. The highest BCUT2D eigenvalue weighted by Gasteiger charge is 2.18. The van der Waals surface area contributed by atoms with Crippen LogP contribution in [0.5, 0.6) is 5.75 Å². The highest BCUT2D eigenvalue weighted by Crippen LogP contribution is 2.32. The first-order valence-electron chi connectivity index (χ1n) is 8.38. The molecule has 23 heavy (non-hydrogen) atoms. The minimum absolute atomic E-state index is 0.599. The lowest BCUT2D eigenvalue weighted by atomic mass is 9.91. The summed E-state index contributed by atoms with van der Waals surface area (Å²) in [7, 11) is 0. The molecule has 0 amide bonds. The Bertz CT molecular complexity index is 773. The van der Waals surface area contributed by atoms with Crippen LogP contribution in [0.4, 0.5) is 0 Å². The SMILES string of the molecule is c1ccc(COc2ccc3[nH]cc(C4CCCNC4)c3c2)cc1. The standard InChI is InChI=1S/C20H22N2O/c1-2-5-15(6-3-1)14-23-17-8-9-20-18(11-17)19(13-22-20)16-7-4-10-21-12-16/h1-3,5-6,8-9,11,13,16,21-22H,4,7,10,12,14H2. The fourth-order valence-corrected chi connectivity index (χ4v) is 3.41. The van der Waals surface area contributed by atoms with Crippen LogP contribution in [0.1, 0.15) is 29.9 Å². The second-order valence-corrected chi connectivity index (χ2v) is 6.27. The maximum atomic E-state index is 5.98. The summed E-state index contributed by atoms with van der Waals surface area (Å²) in [5.41, 5.74) is 3.80. The lowest BCUT2D eigenvalue weighted by Gasteiger charge is -2.22. The summed E-state index contributed by atoms with van der Waals surface area (Å²) in [4.78, 5) is 3.40. The zero-order valence-electron chi connectivity index (χ0n) is 13.2. The molecule has 118 valence electrons. The van der Waals surface area contributed by atoms with Gasteiger partial charge in [0.05, 0.1) is 0 Å². The van der Waals surface area contributed by atoms with E-state index in [1.165, 1.54) is 34.9 Å². The van der Waals surface area contributed by atoms with Crippen LogP contribution in [-0.2, 0) is 6.61 Å². The molecule has 1 unspecified atom stereocenters. The van der Waals surface area contributed by atoms with E-state index in [0.717, 1.165) is 18.8 Å². The van der Waals surface area contributed by atoms with Crippen molar-refractivity contribution in [1.29, 1.82) is 0 Å². The number of hydrogen-bond donors (Lipinski definition) is 2. The lowest BCUT2D eigenvalue weighted by Crippen LogP contribution is -2.28. The van der Waals surface area contributed by atoms with Crippen LogP contribution in [0, 0.1) is 0 Å². The van der Waals surface area contributed by atoms with E-state index in [9.17, 15) is 0 Å². The molecule has 1 atom stereocenters. The number of ether oxygens (including phenoxy) is 1. The quantitative estimate of drug-likeness (QED) is 0.757. The molecule has 1 fully saturated rings. The summed E-state index contributed by atoms with van der Waals surface area (Å²) >= 11 is 0. The van der Waals surface area contributed by atoms with E-state index in [-0.39, 0.29) is 0 Å². The van der Waals surface area contributed by atoms with Crippen molar-refractivity contribution >= 4 is 10.9 Å². The second-order valence-electron chi connectivity index (χ2n) is 6.27. The van der Waals surface area contributed by atoms with Crippen LogP contribution in [0.2, 0.25) is 0 Å². The molecule has 1 aliphatic heterocycles. The summed E-state index contributed by atoms with van der Waals surface area (Å²) in [6.45, 7) is 2.82. The molecule has 0 aliphatic carbocycles. The summed E-state index contributed by atoms with van der Waals surface area (Å²) in [6, 6.07) is 16.6. The Morgan fingerprint density at radius 3 is 2.83 bits per heavy atom. The number of fused-ring (bicyclic) bond motifs is 1. The molecule has 1 saturated heterocycles. The van der Waals surface area contributed by atoms with Crippen LogP contribution in [0.25, 0.3) is 10.9 Å². The normalized spacial score (nSPS) is 18.2. The monoisotopic (exact) mass is 306 g/mol. The van der Waals surface area contributed by atoms with Gasteiger partial charge in [-0.1, -0.05) is 30.3 Å². The van der Waals surface area contributed by atoms with Gasteiger partial charge in [-0.05, 0) is 54.6 Å². The number of hydrogen-bond acceptors (Lipinski definition) is 2. The van der Waals surface area contributed by atoms with Gasteiger partial charge in [0.15, 0.2) is 0 Å². The molecule has 2 aromatic carbocycles. The first-order chi connectivity index (χ1) is 11.4. The third-order valence-electron chi connectivity index (χ3n) is 4.67. The van der Waals surface area contributed by atoms with Gasteiger partial charge in [0, 0.05) is 23.6 Å². The average Bonchev–Trinajstić information content (AvgIpc) is 3.05. The van der Waals surface area contributed by atoms with Gasteiger partial charge < -0.3 is 15.0 Å². The minimum Gasteiger partial charge on any atom is -0.489 e. The van der Waals surface area contributed by atoms with E-state index in [4.69, 9.17) is 4.74 Å². The lowest BCUT2D eigenvalue weighted by molar-refractivity contribution is 0.306. The number of nitrogens with one attached hydrogen (secondary N) is 2. The molecule has 1 aliphatic rings. The Morgan fingerprint density at radius 2 is 2.00 bits per heavy atom. The van der Waals surface area contributed by atoms with Gasteiger partial charge in [-0.25, -0.2) is 0 Å². The zero-order valence-corrected chi connectivity index (χ0v) is 13.2. The van der Waals surface area contributed by atoms with Gasteiger partial charge in [-0.15, -0.1) is 0 Å². The predicted octanol–water partition coefficient (Wildman–Crippen LogP) is 4.21.